The molecule has 0 aliphatic carbocycles. The minimum absolute atomic E-state index is 0.0739. The van der Waals surface area contributed by atoms with Crippen LogP contribution in [0.15, 0.2) is 30.3 Å². The first-order valence-corrected chi connectivity index (χ1v) is 5.42. The average molecular weight is 230 g/mol. The highest BCUT2D eigenvalue weighted by Gasteiger charge is 2.15. The lowest BCUT2D eigenvalue weighted by Crippen LogP contribution is -2.39. The van der Waals surface area contributed by atoms with Crippen molar-refractivity contribution in [2.24, 2.45) is 0 Å². The van der Waals surface area contributed by atoms with Gasteiger partial charge in [-0.1, -0.05) is 30.3 Å². The van der Waals surface area contributed by atoms with E-state index in [4.69, 9.17) is 11.6 Å². The maximum Gasteiger partial charge on any atom is 0.134 e. The molecule has 0 aromatic heterocycles. The van der Waals surface area contributed by atoms with Crippen molar-refractivity contribution in [3.05, 3.63) is 41.1 Å². The summed E-state index contributed by atoms with van der Waals surface area (Å²) in [4.78, 5) is -1.25. The smallest absolute Gasteiger partial charge is 0.134 e. The Bertz CT molecular complexity index is 288. The number of nitrogens with zero attached hydrogens (tertiary/aromatic N) is 1. The summed E-state index contributed by atoms with van der Waals surface area (Å²) in [6, 6.07) is 9.22. The van der Waals surface area contributed by atoms with E-state index in [9.17, 15) is 10.4 Å². The Morgan fingerprint density at radius 2 is 2.00 bits per heavy atom. The molecule has 0 amide bonds. The number of halogens is 1. The van der Waals surface area contributed by atoms with E-state index in [1.807, 2.05) is 37.3 Å². The van der Waals surface area contributed by atoms with Crippen LogP contribution in [0.5, 0.6) is 0 Å². The number of hydroxylamine groups is 4. The fourth-order valence-corrected chi connectivity index (χ4v) is 1.42. The van der Waals surface area contributed by atoms with Gasteiger partial charge in [-0.2, -0.15) is 0 Å². The van der Waals surface area contributed by atoms with E-state index in [-0.39, 0.29) is 18.5 Å². The van der Waals surface area contributed by atoms with Crippen molar-refractivity contribution in [1.29, 1.82) is 0 Å². The van der Waals surface area contributed by atoms with E-state index in [2.05, 4.69) is 0 Å². The third kappa shape index (κ3) is 5.14. The molecular formula is C11H16ClNO2. The van der Waals surface area contributed by atoms with Gasteiger partial charge in [-0.3, -0.25) is 0 Å². The molecule has 4 heteroatoms. The van der Waals surface area contributed by atoms with E-state index >= 15 is 0 Å². The molecule has 1 N–H and O–H groups in total. The van der Waals surface area contributed by atoms with Crippen LogP contribution in [0, 0.1) is 5.21 Å². The van der Waals surface area contributed by atoms with Gasteiger partial charge in [-0.15, -0.1) is 11.6 Å². The lowest BCUT2D eigenvalue weighted by Gasteiger charge is -2.33. The summed E-state index contributed by atoms with van der Waals surface area (Å²) >= 11 is 5.73. The zero-order valence-electron chi connectivity index (χ0n) is 8.77. The maximum atomic E-state index is 11.6. The van der Waals surface area contributed by atoms with Crippen molar-refractivity contribution < 1.29 is 10.0 Å². The lowest BCUT2D eigenvalue weighted by atomic mass is 10.2. The van der Waals surface area contributed by atoms with E-state index in [0.717, 1.165) is 5.56 Å². The Morgan fingerprint density at radius 1 is 1.40 bits per heavy atom. The summed E-state index contributed by atoms with van der Waals surface area (Å²) in [7, 11) is 0. The van der Waals surface area contributed by atoms with Gasteiger partial charge in [0.1, 0.15) is 13.1 Å². The van der Waals surface area contributed by atoms with Gasteiger partial charge in [0.2, 0.25) is 0 Å². The van der Waals surface area contributed by atoms with E-state index in [0.29, 0.717) is 6.42 Å². The molecule has 3 nitrogen and oxygen atoms in total. The van der Waals surface area contributed by atoms with Gasteiger partial charge in [0.25, 0.3) is 0 Å². The SMILES string of the molecule is CC(Cl)CC[N+]([O-])(O)Cc1ccccc1. The molecule has 2 unspecified atom stereocenters. The minimum Gasteiger partial charge on any atom is -0.598 e. The van der Waals surface area contributed by atoms with Gasteiger partial charge in [-0.05, 0) is 6.92 Å². The second-order valence-corrected chi connectivity index (χ2v) is 4.53. The number of quaternary nitrogens is 1. The molecule has 1 rings (SSSR count). The van der Waals surface area contributed by atoms with Crippen molar-refractivity contribution in [2.75, 3.05) is 6.54 Å². The number of hydrogen-bond acceptors (Lipinski definition) is 2. The molecule has 0 radical (unpaired) electrons. The highest BCUT2D eigenvalue weighted by Crippen LogP contribution is 2.12. The van der Waals surface area contributed by atoms with Gasteiger partial charge in [0.15, 0.2) is 0 Å². The zero-order valence-corrected chi connectivity index (χ0v) is 9.52. The monoisotopic (exact) mass is 229 g/mol. The molecule has 0 heterocycles. The highest BCUT2D eigenvalue weighted by molar-refractivity contribution is 6.20. The van der Waals surface area contributed by atoms with Gasteiger partial charge >= 0.3 is 0 Å². The zero-order chi connectivity index (χ0) is 11.3. The molecular weight excluding hydrogens is 214 g/mol. The third-order valence-electron chi connectivity index (χ3n) is 2.15. The van der Waals surface area contributed by atoms with Gasteiger partial charge < -0.3 is 5.21 Å². The Hall–Kier alpha value is -0.610. The van der Waals surface area contributed by atoms with Crippen LogP contribution in [-0.2, 0) is 6.54 Å². The first kappa shape index (κ1) is 12.5. The third-order valence-corrected chi connectivity index (χ3v) is 2.37. The summed E-state index contributed by atoms with van der Waals surface area (Å²) in [5.74, 6) is 0. The fourth-order valence-electron chi connectivity index (χ4n) is 1.33. The molecule has 2 atom stereocenters. The first-order chi connectivity index (χ1) is 6.99. The maximum absolute atomic E-state index is 11.6. The second-order valence-electron chi connectivity index (χ2n) is 3.78. The van der Waals surface area contributed by atoms with Crippen LogP contribution in [0.25, 0.3) is 0 Å². The molecule has 0 saturated heterocycles. The number of rotatable bonds is 5. The van der Waals surface area contributed by atoms with Crippen molar-refractivity contribution in [3.8, 4) is 0 Å². The molecule has 15 heavy (non-hydrogen) atoms. The molecule has 0 fully saturated rings. The molecule has 0 aliphatic rings. The summed E-state index contributed by atoms with van der Waals surface area (Å²) in [5, 5.41) is 21.1. The lowest BCUT2D eigenvalue weighted by molar-refractivity contribution is -1.07. The molecule has 84 valence electrons. The van der Waals surface area contributed by atoms with Crippen molar-refractivity contribution in [1.82, 2.24) is 0 Å². The van der Waals surface area contributed by atoms with Crippen molar-refractivity contribution in [2.45, 2.75) is 25.3 Å². The van der Waals surface area contributed by atoms with Crippen LogP contribution in [0.3, 0.4) is 0 Å². The summed E-state index contributed by atoms with van der Waals surface area (Å²) < 4.78 is 0. The summed E-state index contributed by atoms with van der Waals surface area (Å²) in [6.07, 6.45) is 0.508. The Kier molecular flexibility index (Phi) is 4.54. The predicted molar refractivity (Wildman–Crippen MR) is 60.4 cm³/mol. The van der Waals surface area contributed by atoms with Crippen molar-refractivity contribution in [3.63, 3.8) is 0 Å². The molecule has 1 aromatic carbocycles. The predicted octanol–water partition coefficient (Wildman–Crippen LogP) is 2.91. The molecule has 0 bridgehead atoms. The van der Waals surface area contributed by atoms with Crippen LogP contribution in [0.1, 0.15) is 18.9 Å². The average Bonchev–Trinajstić information content (AvgIpc) is 2.16. The minimum atomic E-state index is -1.25. The Balaban J connectivity index is 2.49. The quantitative estimate of drug-likeness (QED) is 0.479. The number of alkyl halides is 1. The topological polar surface area (TPSA) is 43.3 Å². The van der Waals surface area contributed by atoms with Crippen LogP contribution in [0.4, 0.5) is 0 Å². The summed E-state index contributed by atoms with van der Waals surface area (Å²) in [6.45, 7) is 2.01. The molecule has 0 saturated carbocycles. The highest BCUT2D eigenvalue weighted by atomic mass is 35.5. The van der Waals surface area contributed by atoms with E-state index in [1.165, 1.54) is 0 Å². The van der Waals surface area contributed by atoms with Crippen LogP contribution in [0.2, 0.25) is 0 Å². The molecule has 0 aliphatic heterocycles. The molecule has 0 spiro atoms. The van der Waals surface area contributed by atoms with Crippen molar-refractivity contribution >= 4 is 11.6 Å². The van der Waals surface area contributed by atoms with Crippen LogP contribution < -0.4 is 0 Å². The number of hydrogen-bond donors (Lipinski definition) is 1. The first-order valence-electron chi connectivity index (χ1n) is 4.98. The fraction of sp³-hybridized carbons (Fsp3) is 0.455. The Labute approximate surface area is 95.0 Å². The van der Waals surface area contributed by atoms with Gasteiger partial charge in [-0.25, -0.2) is 10.0 Å². The van der Waals surface area contributed by atoms with Gasteiger partial charge in [0, 0.05) is 17.4 Å². The van der Waals surface area contributed by atoms with Gasteiger partial charge in [0.05, 0.1) is 0 Å². The normalized spacial score (nSPS) is 17.1. The standard InChI is InChI=1S/C11H16ClNO2/c1-10(12)7-8-13(14,15)9-11-5-3-2-4-6-11/h2-6,10,14H,7-9H2,1H3. The van der Waals surface area contributed by atoms with Crippen LogP contribution in [-0.4, -0.2) is 21.9 Å². The second kappa shape index (κ2) is 5.47. The number of benzene rings is 1. The summed E-state index contributed by atoms with van der Waals surface area (Å²) in [5.41, 5.74) is 0.831. The van der Waals surface area contributed by atoms with E-state index < -0.39 is 4.81 Å². The Morgan fingerprint density at radius 3 is 2.53 bits per heavy atom. The van der Waals surface area contributed by atoms with Crippen LogP contribution >= 0.6 is 11.6 Å². The largest absolute Gasteiger partial charge is 0.598 e. The van der Waals surface area contributed by atoms with E-state index in [1.54, 1.807) is 0 Å². The molecule has 1 aromatic rings.